The highest BCUT2D eigenvalue weighted by Crippen LogP contribution is 2.30. The summed E-state index contributed by atoms with van der Waals surface area (Å²) in [7, 11) is 4.71. The van der Waals surface area contributed by atoms with Gasteiger partial charge in [0.1, 0.15) is 11.4 Å². The molecule has 0 unspecified atom stereocenters. The Bertz CT molecular complexity index is 1360. The maximum atomic E-state index is 13.4. The van der Waals surface area contributed by atoms with Gasteiger partial charge in [0.25, 0.3) is 5.91 Å². The van der Waals surface area contributed by atoms with Crippen LogP contribution >= 0.6 is 12.2 Å². The van der Waals surface area contributed by atoms with E-state index in [1.165, 1.54) is 5.01 Å². The Kier molecular flexibility index (Phi) is 7.50. The largest absolute Gasteiger partial charge is 0.495 e. The number of benzene rings is 3. The van der Waals surface area contributed by atoms with Crippen LogP contribution < -0.4 is 25.0 Å². The van der Waals surface area contributed by atoms with Gasteiger partial charge in [-0.2, -0.15) is 5.01 Å². The summed E-state index contributed by atoms with van der Waals surface area (Å²) < 4.78 is 16.1. The molecule has 184 valence electrons. The number of amidine groups is 1. The molecule has 1 aliphatic heterocycles. The molecular weight excluding hydrogens is 476 g/mol. The molecular formula is C27H26N4O4S. The lowest BCUT2D eigenvalue weighted by Gasteiger charge is -2.22. The van der Waals surface area contributed by atoms with Crippen LogP contribution in [0.4, 0.5) is 5.69 Å². The molecule has 0 saturated heterocycles. The number of carbonyl (C=O) groups excluding carboxylic acids is 1. The average molecular weight is 503 g/mol. The Labute approximate surface area is 215 Å². The summed E-state index contributed by atoms with van der Waals surface area (Å²) in [5.74, 6) is 1.84. The molecule has 0 fully saturated rings. The zero-order chi connectivity index (χ0) is 25.7. The van der Waals surface area contributed by atoms with Crippen LogP contribution in [0.5, 0.6) is 17.2 Å². The van der Waals surface area contributed by atoms with Gasteiger partial charge in [0, 0.05) is 5.56 Å². The van der Waals surface area contributed by atoms with Crippen molar-refractivity contribution in [3.8, 4) is 17.2 Å². The standard InChI is InChI=1S/C27H26N4O4S/c1-17-10-12-22(33-2)20(14-17)29-27(36)30-31-25(19-8-6-5-7-9-19)28-21(26(31)32)15-18-11-13-23(34-3)24(16-18)35-4/h5-16H,1-4H3,(H2,29,30,36)/b21-15-. The van der Waals surface area contributed by atoms with Crippen LogP contribution in [-0.4, -0.2) is 43.2 Å². The van der Waals surface area contributed by atoms with E-state index in [0.29, 0.717) is 28.8 Å². The fourth-order valence-electron chi connectivity index (χ4n) is 3.67. The van der Waals surface area contributed by atoms with Crippen LogP contribution in [0.2, 0.25) is 0 Å². The van der Waals surface area contributed by atoms with Gasteiger partial charge in [-0.3, -0.25) is 10.2 Å². The van der Waals surface area contributed by atoms with Gasteiger partial charge in [-0.15, -0.1) is 0 Å². The molecule has 0 bridgehead atoms. The first-order chi connectivity index (χ1) is 17.4. The SMILES string of the molecule is COc1ccc(C)cc1NC(=S)NN1C(=O)/C(=C/c2ccc(OC)c(OC)c2)N=C1c1ccccc1. The summed E-state index contributed by atoms with van der Waals surface area (Å²) in [4.78, 5) is 18.1. The predicted molar refractivity (Wildman–Crippen MR) is 144 cm³/mol. The number of hydrogen-bond donors (Lipinski definition) is 2. The molecule has 9 heteroatoms. The van der Waals surface area contributed by atoms with Crippen molar-refractivity contribution in [2.45, 2.75) is 6.92 Å². The van der Waals surface area contributed by atoms with Crippen LogP contribution in [0.15, 0.2) is 77.4 Å². The van der Waals surface area contributed by atoms with Crippen molar-refractivity contribution in [2.24, 2.45) is 4.99 Å². The molecule has 0 aromatic heterocycles. The second-order valence-corrected chi connectivity index (χ2v) is 8.26. The lowest BCUT2D eigenvalue weighted by Crippen LogP contribution is -2.49. The maximum Gasteiger partial charge on any atom is 0.297 e. The number of rotatable bonds is 7. The number of aryl methyl sites for hydroxylation is 1. The topological polar surface area (TPSA) is 84.4 Å². The number of hydrogen-bond acceptors (Lipinski definition) is 6. The fourth-order valence-corrected chi connectivity index (χ4v) is 3.87. The van der Waals surface area contributed by atoms with Gasteiger partial charge in [0.2, 0.25) is 0 Å². The summed E-state index contributed by atoms with van der Waals surface area (Å²) in [6.45, 7) is 1.97. The normalized spacial score (nSPS) is 13.9. The highest BCUT2D eigenvalue weighted by atomic mass is 32.1. The quantitative estimate of drug-likeness (QED) is 0.362. The minimum Gasteiger partial charge on any atom is -0.495 e. The van der Waals surface area contributed by atoms with E-state index in [9.17, 15) is 4.79 Å². The highest BCUT2D eigenvalue weighted by Gasteiger charge is 2.32. The van der Waals surface area contributed by atoms with Crippen LogP contribution in [0.25, 0.3) is 6.08 Å². The number of nitrogens with one attached hydrogen (secondary N) is 2. The zero-order valence-electron chi connectivity index (χ0n) is 20.4. The van der Waals surface area contributed by atoms with Gasteiger partial charge in [-0.25, -0.2) is 4.99 Å². The maximum absolute atomic E-state index is 13.4. The molecule has 4 rings (SSSR count). The van der Waals surface area contributed by atoms with E-state index in [0.717, 1.165) is 16.7 Å². The molecule has 0 atom stereocenters. The number of carbonyl (C=O) groups is 1. The van der Waals surface area contributed by atoms with Crippen molar-refractivity contribution in [1.82, 2.24) is 10.4 Å². The molecule has 1 heterocycles. The van der Waals surface area contributed by atoms with Crippen molar-refractivity contribution in [3.05, 3.63) is 89.1 Å². The number of anilines is 1. The summed E-state index contributed by atoms with van der Waals surface area (Å²) in [5.41, 5.74) is 6.43. The number of thiocarbonyl (C=S) groups is 1. The molecule has 8 nitrogen and oxygen atoms in total. The first-order valence-corrected chi connectivity index (χ1v) is 11.5. The van der Waals surface area contributed by atoms with Gasteiger partial charge in [0.05, 0.1) is 27.0 Å². The van der Waals surface area contributed by atoms with Gasteiger partial charge in [0.15, 0.2) is 22.4 Å². The summed E-state index contributed by atoms with van der Waals surface area (Å²) in [6, 6.07) is 20.5. The van der Waals surface area contributed by atoms with E-state index in [-0.39, 0.29) is 16.7 Å². The third-order valence-electron chi connectivity index (χ3n) is 5.42. The van der Waals surface area contributed by atoms with Gasteiger partial charge in [-0.05, 0) is 60.6 Å². The molecule has 0 spiro atoms. The second-order valence-electron chi connectivity index (χ2n) is 7.86. The van der Waals surface area contributed by atoms with Crippen LogP contribution in [0.1, 0.15) is 16.7 Å². The van der Waals surface area contributed by atoms with Crippen molar-refractivity contribution in [3.63, 3.8) is 0 Å². The molecule has 3 aromatic carbocycles. The average Bonchev–Trinajstić information content (AvgIpc) is 3.19. The predicted octanol–water partition coefficient (Wildman–Crippen LogP) is 4.55. The van der Waals surface area contributed by atoms with E-state index >= 15 is 0 Å². The van der Waals surface area contributed by atoms with E-state index in [1.807, 2.05) is 61.5 Å². The molecule has 0 radical (unpaired) electrons. The van der Waals surface area contributed by atoms with Gasteiger partial charge in [-0.1, -0.05) is 42.5 Å². The third-order valence-corrected chi connectivity index (χ3v) is 5.61. The number of methoxy groups -OCH3 is 3. The van der Waals surface area contributed by atoms with Crippen LogP contribution in [0.3, 0.4) is 0 Å². The van der Waals surface area contributed by atoms with Crippen LogP contribution in [-0.2, 0) is 4.79 Å². The van der Waals surface area contributed by atoms with Gasteiger partial charge >= 0.3 is 0 Å². The number of amides is 1. The van der Waals surface area contributed by atoms with Gasteiger partial charge < -0.3 is 19.5 Å². The number of aliphatic imine (C=N–C) groups is 1. The third kappa shape index (κ3) is 5.31. The van der Waals surface area contributed by atoms with E-state index in [4.69, 9.17) is 26.4 Å². The summed E-state index contributed by atoms with van der Waals surface area (Å²) in [5, 5.41) is 4.65. The Balaban J connectivity index is 1.64. The highest BCUT2D eigenvalue weighted by molar-refractivity contribution is 7.80. The minimum atomic E-state index is -0.357. The Morgan fingerprint density at radius 1 is 0.917 bits per heavy atom. The number of hydrazine groups is 1. The smallest absolute Gasteiger partial charge is 0.297 e. The van der Waals surface area contributed by atoms with E-state index in [1.54, 1.807) is 39.5 Å². The van der Waals surface area contributed by atoms with Crippen molar-refractivity contribution < 1.29 is 19.0 Å². The van der Waals surface area contributed by atoms with Crippen molar-refractivity contribution in [2.75, 3.05) is 26.6 Å². The van der Waals surface area contributed by atoms with E-state index < -0.39 is 0 Å². The molecule has 1 aliphatic rings. The Hall–Kier alpha value is -4.37. The second kappa shape index (κ2) is 10.9. The first kappa shape index (κ1) is 24.7. The first-order valence-electron chi connectivity index (χ1n) is 11.1. The molecule has 1 amide bonds. The lowest BCUT2D eigenvalue weighted by atomic mass is 10.1. The minimum absolute atomic E-state index is 0.211. The Morgan fingerprint density at radius 2 is 1.61 bits per heavy atom. The molecule has 0 aliphatic carbocycles. The van der Waals surface area contributed by atoms with Crippen molar-refractivity contribution in [1.29, 1.82) is 0 Å². The van der Waals surface area contributed by atoms with Crippen LogP contribution in [0, 0.1) is 6.92 Å². The number of ether oxygens (including phenoxy) is 3. The fraction of sp³-hybridized carbons (Fsp3) is 0.148. The zero-order valence-corrected chi connectivity index (χ0v) is 21.2. The summed E-state index contributed by atoms with van der Waals surface area (Å²) in [6.07, 6.45) is 1.69. The molecule has 2 N–H and O–H groups in total. The molecule has 3 aromatic rings. The van der Waals surface area contributed by atoms with E-state index in [2.05, 4.69) is 15.7 Å². The van der Waals surface area contributed by atoms with Crippen molar-refractivity contribution >= 4 is 40.8 Å². The monoisotopic (exact) mass is 502 g/mol. The Morgan fingerprint density at radius 3 is 2.31 bits per heavy atom. The molecule has 36 heavy (non-hydrogen) atoms. The summed E-state index contributed by atoms with van der Waals surface area (Å²) >= 11 is 5.53. The molecule has 0 saturated carbocycles. The number of nitrogens with zero attached hydrogens (tertiary/aromatic N) is 2. The lowest BCUT2D eigenvalue weighted by molar-refractivity contribution is -0.123.